The van der Waals surface area contributed by atoms with Crippen LogP contribution >= 0.6 is 0 Å². The van der Waals surface area contributed by atoms with Crippen LogP contribution in [-0.4, -0.2) is 4.98 Å². The summed E-state index contributed by atoms with van der Waals surface area (Å²) >= 11 is 0.327. The average molecular weight is 246 g/mol. The summed E-state index contributed by atoms with van der Waals surface area (Å²) in [5.74, 6) is 0. The van der Waals surface area contributed by atoms with Gasteiger partial charge in [0.2, 0.25) is 0 Å². The van der Waals surface area contributed by atoms with Crippen LogP contribution in [0.4, 0.5) is 0 Å². The molecule has 0 unspecified atom stereocenters. The SMILES string of the molecule is Cc1cc2c([nH]1)C[I-]C=C2. The summed E-state index contributed by atoms with van der Waals surface area (Å²) in [6, 6.07) is 2.22. The number of aryl methyl sites for hydroxylation is 1. The number of fused-ring (bicyclic) bond motifs is 1. The second-order valence-corrected chi connectivity index (χ2v) is 4.83. The van der Waals surface area contributed by atoms with Crippen LogP contribution in [0.15, 0.2) is 10.1 Å². The first-order valence-corrected chi connectivity index (χ1v) is 6.06. The number of hydrogen-bond acceptors (Lipinski definition) is 0. The molecule has 1 aromatic rings. The third-order valence-electron chi connectivity index (χ3n) is 1.61. The normalized spacial score (nSPS) is 16.1. The first kappa shape index (κ1) is 6.46. The number of alkyl halides is 1. The zero-order valence-electron chi connectivity index (χ0n) is 5.82. The molecule has 2 heteroatoms. The summed E-state index contributed by atoms with van der Waals surface area (Å²) in [5.41, 5.74) is 4.15. The Hall–Kier alpha value is -0.250. The predicted octanol–water partition coefficient (Wildman–Crippen LogP) is -1.10. The van der Waals surface area contributed by atoms with E-state index in [4.69, 9.17) is 0 Å². The first-order chi connectivity index (χ1) is 4.86. The van der Waals surface area contributed by atoms with E-state index in [-0.39, 0.29) is 0 Å². The zero-order valence-corrected chi connectivity index (χ0v) is 7.97. The Morgan fingerprint density at radius 3 is 3.30 bits per heavy atom. The number of rotatable bonds is 0. The molecule has 0 saturated heterocycles. The number of hydrogen-bond donors (Lipinski definition) is 1. The van der Waals surface area contributed by atoms with Crippen molar-refractivity contribution in [2.75, 3.05) is 0 Å². The third kappa shape index (κ3) is 1.00. The Kier molecular flexibility index (Phi) is 1.56. The summed E-state index contributed by atoms with van der Waals surface area (Å²) in [6.45, 7) is 2.12. The van der Waals surface area contributed by atoms with Gasteiger partial charge in [-0.15, -0.1) is 0 Å². The van der Waals surface area contributed by atoms with E-state index in [1.165, 1.54) is 21.4 Å². The summed E-state index contributed by atoms with van der Waals surface area (Å²) in [4.78, 5) is 3.37. The van der Waals surface area contributed by atoms with Crippen LogP contribution in [0.25, 0.3) is 6.08 Å². The fraction of sp³-hybridized carbons (Fsp3) is 0.250. The van der Waals surface area contributed by atoms with E-state index in [9.17, 15) is 0 Å². The molecule has 0 bridgehead atoms. The number of aromatic nitrogens is 1. The maximum atomic E-state index is 3.37. The molecule has 0 amide bonds. The number of halogens is 1. The van der Waals surface area contributed by atoms with Crippen LogP contribution in [0.5, 0.6) is 0 Å². The van der Waals surface area contributed by atoms with Gasteiger partial charge in [-0.1, -0.05) is 0 Å². The Morgan fingerprint density at radius 1 is 1.60 bits per heavy atom. The van der Waals surface area contributed by atoms with Crippen LogP contribution in [0.1, 0.15) is 17.0 Å². The molecule has 0 aliphatic carbocycles. The molecule has 0 fully saturated rings. The molecule has 2 rings (SSSR count). The molecule has 1 aromatic heterocycles. The van der Waals surface area contributed by atoms with Gasteiger partial charge in [0.1, 0.15) is 0 Å². The van der Waals surface area contributed by atoms with Crippen molar-refractivity contribution in [1.82, 2.24) is 4.98 Å². The number of aromatic amines is 1. The Morgan fingerprint density at radius 2 is 2.50 bits per heavy atom. The van der Waals surface area contributed by atoms with Gasteiger partial charge in [0.05, 0.1) is 0 Å². The van der Waals surface area contributed by atoms with Gasteiger partial charge < -0.3 is 0 Å². The van der Waals surface area contributed by atoms with E-state index in [0.717, 1.165) is 0 Å². The van der Waals surface area contributed by atoms with Gasteiger partial charge in [-0.25, -0.2) is 0 Å². The molecule has 10 heavy (non-hydrogen) atoms. The molecular weight excluding hydrogens is 237 g/mol. The van der Waals surface area contributed by atoms with E-state index in [1.54, 1.807) is 0 Å². The van der Waals surface area contributed by atoms with Crippen molar-refractivity contribution in [3.05, 3.63) is 27.1 Å². The van der Waals surface area contributed by atoms with E-state index in [2.05, 4.69) is 28.1 Å². The van der Waals surface area contributed by atoms with Crippen molar-refractivity contribution in [2.24, 2.45) is 0 Å². The molecule has 0 saturated carbocycles. The van der Waals surface area contributed by atoms with E-state index < -0.39 is 0 Å². The van der Waals surface area contributed by atoms with Gasteiger partial charge >= 0.3 is 70.7 Å². The van der Waals surface area contributed by atoms with Gasteiger partial charge in [-0.2, -0.15) is 0 Å². The zero-order chi connectivity index (χ0) is 6.97. The molecule has 1 aliphatic heterocycles. The Bertz CT molecular complexity index is 273. The molecule has 1 N–H and O–H groups in total. The molecule has 0 radical (unpaired) electrons. The topological polar surface area (TPSA) is 15.8 Å². The first-order valence-electron chi connectivity index (χ1n) is 3.29. The van der Waals surface area contributed by atoms with Crippen molar-refractivity contribution in [1.29, 1.82) is 0 Å². The van der Waals surface area contributed by atoms with Gasteiger partial charge in [0, 0.05) is 0 Å². The van der Waals surface area contributed by atoms with Crippen molar-refractivity contribution in [3.63, 3.8) is 0 Å². The Balaban J connectivity index is 2.53. The van der Waals surface area contributed by atoms with Crippen molar-refractivity contribution < 1.29 is 21.2 Å². The van der Waals surface area contributed by atoms with Crippen molar-refractivity contribution in [2.45, 2.75) is 11.4 Å². The second kappa shape index (κ2) is 2.42. The summed E-state index contributed by atoms with van der Waals surface area (Å²) in [7, 11) is 0. The van der Waals surface area contributed by atoms with Gasteiger partial charge in [0.15, 0.2) is 0 Å². The maximum absolute atomic E-state index is 3.37. The minimum atomic E-state index is 0.327. The molecular formula is C8H9IN-. The molecule has 1 nitrogen and oxygen atoms in total. The van der Waals surface area contributed by atoms with E-state index in [1.807, 2.05) is 0 Å². The number of H-pyrrole nitrogens is 1. The van der Waals surface area contributed by atoms with Crippen LogP contribution in [0, 0.1) is 6.92 Å². The van der Waals surface area contributed by atoms with Crippen molar-refractivity contribution >= 4 is 6.08 Å². The van der Waals surface area contributed by atoms with E-state index >= 15 is 0 Å². The molecule has 2 heterocycles. The molecule has 54 valence electrons. The Labute approximate surface area is 70.8 Å². The quantitative estimate of drug-likeness (QED) is 0.441. The molecule has 0 spiro atoms. The van der Waals surface area contributed by atoms with E-state index in [0.29, 0.717) is 21.2 Å². The fourth-order valence-electron chi connectivity index (χ4n) is 1.16. The van der Waals surface area contributed by atoms with Gasteiger partial charge in [0.25, 0.3) is 0 Å². The van der Waals surface area contributed by atoms with Crippen molar-refractivity contribution in [3.8, 4) is 0 Å². The summed E-state index contributed by atoms with van der Waals surface area (Å²) < 4.78 is 3.63. The van der Waals surface area contributed by atoms with Gasteiger partial charge in [-0.3, -0.25) is 0 Å². The predicted molar refractivity (Wildman–Crippen MR) is 38.3 cm³/mol. The van der Waals surface area contributed by atoms with Crippen LogP contribution in [0.3, 0.4) is 0 Å². The molecule has 0 aromatic carbocycles. The van der Waals surface area contributed by atoms with Crippen LogP contribution in [0.2, 0.25) is 0 Å². The van der Waals surface area contributed by atoms with Crippen LogP contribution < -0.4 is 21.2 Å². The summed E-state index contributed by atoms with van der Waals surface area (Å²) in [6.07, 6.45) is 2.25. The summed E-state index contributed by atoms with van der Waals surface area (Å²) in [5, 5.41) is 0. The second-order valence-electron chi connectivity index (χ2n) is 2.47. The molecule has 1 aliphatic rings. The monoisotopic (exact) mass is 246 g/mol. The fourth-order valence-corrected chi connectivity index (χ4v) is 3.13. The number of nitrogens with one attached hydrogen (secondary N) is 1. The van der Waals surface area contributed by atoms with Crippen LogP contribution in [-0.2, 0) is 4.43 Å². The minimum absolute atomic E-state index is 0.327. The molecule has 0 atom stereocenters. The van der Waals surface area contributed by atoms with Gasteiger partial charge in [-0.05, 0) is 0 Å². The standard InChI is InChI=1S/C8H9IN/c1-6-4-7-2-3-9-5-8(7)10-6/h2-4,10H,5H2,1H3/q-1. The average Bonchev–Trinajstić information content (AvgIpc) is 2.27. The third-order valence-corrected chi connectivity index (χ3v) is 3.68.